The van der Waals surface area contributed by atoms with Crippen LogP contribution in [-0.2, 0) is 12.0 Å². The molecule has 1 fully saturated rings. The molecular weight excluding hydrogens is 757 g/mol. The van der Waals surface area contributed by atoms with Gasteiger partial charge in [-0.2, -0.15) is 5.10 Å². The van der Waals surface area contributed by atoms with Gasteiger partial charge in [-0.25, -0.2) is 9.48 Å². The van der Waals surface area contributed by atoms with Gasteiger partial charge in [0.15, 0.2) is 5.65 Å². The lowest BCUT2D eigenvalue weighted by molar-refractivity contribution is 0.171. The number of benzene rings is 2. The zero-order valence-electron chi connectivity index (χ0n) is 36.6. The smallest absolute Gasteiger partial charge is 0.320 e. The van der Waals surface area contributed by atoms with E-state index < -0.39 is 8.32 Å². The van der Waals surface area contributed by atoms with Gasteiger partial charge in [0.05, 0.1) is 30.2 Å². The minimum atomic E-state index is -2.27. The zero-order valence-corrected chi connectivity index (χ0v) is 37.6. The number of ether oxygens (including phenoxy) is 1. The van der Waals surface area contributed by atoms with Crippen LogP contribution >= 0.6 is 0 Å². The van der Waals surface area contributed by atoms with Crippen LogP contribution in [0, 0.1) is 0 Å². The molecule has 2 aliphatic rings. The van der Waals surface area contributed by atoms with E-state index in [1.165, 1.54) is 6.42 Å². The third kappa shape index (κ3) is 8.46. The Bertz CT molecular complexity index is 2240. The number of pyridine rings is 1. The number of carbonyl (C=O) groups excluding carboxylic acids is 1. The SMILES string of the molecule is CC1CCCCN1c1nnc2ccc(O[C@@H]3CC[C@H](NC(=O)Nc4cc(C(C)(C)C)nn4-c4ccc(O[Si](C(C)C)(C(C)C)C(C)C)c(CO)c4)c4ccccc43)cn12. The van der Waals surface area contributed by atoms with Crippen LogP contribution in [0.1, 0.15) is 136 Å². The normalized spacial score (nSPS) is 18.7. The van der Waals surface area contributed by atoms with E-state index in [2.05, 4.69) is 107 Å². The first-order valence-electron chi connectivity index (χ1n) is 21.6. The maximum atomic E-state index is 13.9. The number of hydrogen-bond donors (Lipinski definition) is 3. The lowest BCUT2D eigenvalue weighted by Crippen LogP contribution is -2.50. The van der Waals surface area contributed by atoms with Crippen molar-refractivity contribution in [1.29, 1.82) is 0 Å². The van der Waals surface area contributed by atoms with Crippen LogP contribution in [0.3, 0.4) is 0 Å². The number of aliphatic hydroxyl groups is 1. The van der Waals surface area contributed by atoms with E-state index in [0.29, 0.717) is 46.2 Å². The number of anilines is 2. The average Bonchev–Trinajstić information content (AvgIpc) is 3.82. The highest BCUT2D eigenvalue weighted by Gasteiger charge is 2.47. The summed E-state index contributed by atoms with van der Waals surface area (Å²) in [6, 6.07) is 19.8. The summed E-state index contributed by atoms with van der Waals surface area (Å²) in [5.41, 5.74) is 6.00. The second kappa shape index (κ2) is 17.0. The molecule has 4 heterocycles. The van der Waals surface area contributed by atoms with Crippen LogP contribution in [0.15, 0.2) is 66.9 Å². The fourth-order valence-corrected chi connectivity index (χ4v) is 14.8. The summed E-state index contributed by atoms with van der Waals surface area (Å²) in [7, 11) is -2.27. The van der Waals surface area contributed by atoms with E-state index in [-0.39, 0.29) is 30.2 Å². The summed E-state index contributed by atoms with van der Waals surface area (Å²) < 4.78 is 17.5. The third-order valence-electron chi connectivity index (χ3n) is 12.6. The van der Waals surface area contributed by atoms with Crippen LogP contribution in [0.4, 0.5) is 16.6 Å². The highest BCUT2D eigenvalue weighted by atomic mass is 28.4. The summed E-state index contributed by atoms with van der Waals surface area (Å²) in [4.78, 5) is 16.3. The lowest BCUT2D eigenvalue weighted by atomic mass is 9.85. The summed E-state index contributed by atoms with van der Waals surface area (Å²) in [6.07, 6.45) is 6.76. The van der Waals surface area contributed by atoms with Crippen LogP contribution < -0.4 is 24.7 Å². The second-order valence-electron chi connectivity index (χ2n) is 18.5. The van der Waals surface area contributed by atoms with Crippen molar-refractivity contribution < 1.29 is 19.1 Å². The largest absolute Gasteiger partial charge is 0.542 e. The van der Waals surface area contributed by atoms with Crippen molar-refractivity contribution in [3.63, 3.8) is 0 Å². The molecule has 13 heteroatoms. The molecule has 0 bridgehead atoms. The number of carbonyl (C=O) groups is 1. The predicted molar refractivity (Wildman–Crippen MR) is 237 cm³/mol. The molecule has 3 N–H and O–H groups in total. The molecule has 2 aromatic carbocycles. The topological polar surface area (TPSA) is 131 Å². The number of aromatic nitrogens is 5. The number of nitrogens with zero attached hydrogens (tertiary/aromatic N) is 6. The van der Waals surface area contributed by atoms with Gasteiger partial charge in [0.25, 0.3) is 8.32 Å². The Morgan fingerprint density at radius 3 is 2.32 bits per heavy atom. The van der Waals surface area contributed by atoms with Crippen LogP contribution in [0.25, 0.3) is 11.3 Å². The molecule has 1 saturated heterocycles. The number of nitrogens with one attached hydrogen (secondary N) is 2. The van der Waals surface area contributed by atoms with Crippen LogP contribution in [-0.4, -0.2) is 56.4 Å². The Balaban J connectivity index is 1.10. The lowest BCUT2D eigenvalue weighted by Gasteiger charge is -2.42. The number of piperidine rings is 1. The molecule has 0 radical (unpaired) electrons. The first kappa shape index (κ1) is 42.2. The maximum Gasteiger partial charge on any atom is 0.320 e. The second-order valence-corrected chi connectivity index (χ2v) is 23.9. The van der Waals surface area contributed by atoms with Crippen molar-refractivity contribution >= 4 is 31.8 Å². The number of aliphatic hydroxyl groups excluding tert-OH is 1. The third-order valence-corrected chi connectivity index (χ3v) is 18.6. The van der Waals surface area contributed by atoms with Crippen LogP contribution in [0.5, 0.6) is 11.5 Å². The molecule has 2 amide bonds. The van der Waals surface area contributed by atoms with Gasteiger partial charge < -0.3 is 24.5 Å². The molecule has 1 aliphatic carbocycles. The first-order chi connectivity index (χ1) is 28.1. The van der Waals surface area contributed by atoms with Gasteiger partial charge in [0, 0.05) is 29.6 Å². The molecule has 0 saturated carbocycles. The van der Waals surface area contributed by atoms with E-state index in [1.807, 2.05) is 59.1 Å². The summed E-state index contributed by atoms with van der Waals surface area (Å²) >= 11 is 0. The Hall–Kier alpha value is -4.88. The van der Waals surface area contributed by atoms with Crippen molar-refractivity contribution in [1.82, 2.24) is 29.7 Å². The molecular formula is C46H64N8O4Si. The van der Waals surface area contributed by atoms with Gasteiger partial charge in [-0.3, -0.25) is 9.72 Å². The Kier molecular flexibility index (Phi) is 12.2. The van der Waals surface area contributed by atoms with Gasteiger partial charge in [-0.15, -0.1) is 10.2 Å². The van der Waals surface area contributed by atoms with E-state index >= 15 is 0 Å². The van der Waals surface area contributed by atoms with Gasteiger partial charge in [0.2, 0.25) is 5.95 Å². The standard InChI is InChI=1S/C46H64N8O4Si/c1-29(2)59(30(3)4,31(5)6)58-39-21-18-34(25-33(39)28-55)54-43(26-41(51-54)46(8,9)10)48-44(56)47-38-20-22-40(37-17-12-11-16-36(37)38)57-35-19-23-42-49-50-45(53(42)27-35)52-24-14-13-15-32(52)7/h11-12,16-19,21,23,25-27,29-32,38,40,55H,13-15,20,22,24,28H2,1-10H3,(H2,47,48,56)/t32?,38-,40+/m0/s1. The van der Waals surface area contributed by atoms with Crippen molar-refractivity contribution in [2.24, 2.45) is 0 Å². The number of urea groups is 1. The molecule has 0 spiro atoms. The van der Waals surface area contributed by atoms with Crippen molar-refractivity contribution in [2.75, 3.05) is 16.8 Å². The fourth-order valence-electron chi connectivity index (χ4n) is 9.52. The monoisotopic (exact) mass is 820 g/mol. The molecule has 1 unspecified atom stereocenters. The zero-order chi connectivity index (χ0) is 42.2. The summed E-state index contributed by atoms with van der Waals surface area (Å²) in [5.74, 6) is 2.85. The van der Waals surface area contributed by atoms with Gasteiger partial charge in [0.1, 0.15) is 23.4 Å². The molecule has 1 aliphatic heterocycles. The Labute approximate surface area is 350 Å². The minimum absolute atomic E-state index is 0.182. The van der Waals surface area contributed by atoms with Crippen molar-refractivity contribution in [3.05, 3.63) is 89.2 Å². The van der Waals surface area contributed by atoms with Crippen molar-refractivity contribution in [2.45, 2.75) is 148 Å². The molecule has 12 nitrogen and oxygen atoms in total. The highest BCUT2D eigenvalue weighted by molar-refractivity contribution is 6.78. The summed E-state index contributed by atoms with van der Waals surface area (Å²) in [5, 5.41) is 31.0. The van der Waals surface area contributed by atoms with E-state index in [9.17, 15) is 9.90 Å². The predicted octanol–water partition coefficient (Wildman–Crippen LogP) is 10.4. The molecule has 3 atom stereocenters. The van der Waals surface area contributed by atoms with Gasteiger partial charge in [-0.05, 0) is 97.1 Å². The number of fused-ring (bicyclic) bond motifs is 2. The highest BCUT2D eigenvalue weighted by Crippen LogP contribution is 2.44. The first-order valence-corrected chi connectivity index (χ1v) is 23.7. The molecule has 316 valence electrons. The molecule has 5 aromatic rings. The molecule has 59 heavy (non-hydrogen) atoms. The summed E-state index contributed by atoms with van der Waals surface area (Å²) in [6.45, 7) is 22.9. The average molecular weight is 821 g/mol. The quantitative estimate of drug-likeness (QED) is 0.106. The van der Waals surface area contributed by atoms with E-state index in [0.717, 1.165) is 65.7 Å². The molecule has 3 aromatic heterocycles. The van der Waals surface area contributed by atoms with Gasteiger partial charge in [-0.1, -0.05) is 86.6 Å². The van der Waals surface area contributed by atoms with E-state index in [1.54, 1.807) is 4.68 Å². The maximum absolute atomic E-state index is 13.9. The van der Waals surface area contributed by atoms with E-state index in [4.69, 9.17) is 14.3 Å². The molecule has 7 rings (SSSR count). The van der Waals surface area contributed by atoms with Gasteiger partial charge >= 0.3 is 6.03 Å². The minimum Gasteiger partial charge on any atom is -0.542 e. The van der Waals surface area contributed by atoms with Crippen molar-refractivity contribution in [3.8, 4) is 17.2 Å². The number of hydrogen-bond acceptors (Lipinski definition) is 8. The number of rotatable bonds is 12. The Morgan fingerprint density at radius 1 is 0.915 bits per heavy atom. The number of amides is 2. The fraction of sp³-hybridized carbons (Fsp3) is 0.522. The Morgan fingerprint density at radius 2 is 1.64 bits per heavy atom. The van der Waals surface area contributed by atoms with Crippen LogP contribution in [0.2, 0.25) is 16.6 Å².